The molecule has 1 aliphatic heterocycles. The zero-order valence-electron chi connectivity index (χ0n) is 6.61. The normalized spacial score (nSPS) is 29.4. The molecule has 1 amide bonds. The number of alkyl halides is 1. The molecule has 70 valence electrons. The molecule has 0 spiro atoms. The fourth-order valence-corrected chi connectivity index (χ4v) is 1.37. The first kappa shape index (κ1) is 9.77. The molecule has 1 fully saturated rings. The van der Waals surface area contributed by atoms with E-state index in [1.54, 1.807) is 0 Å². The number of rotatable bonds is 2. The minimum absolute atomic E-state index is 0.111. The molecule has 0 bridgehead atoms. The lowest BCUT2D eigenvalue weighted by Crippen LogP contribution is -2.29. The maximum absolute atomic E-state index is 11.2. The van der Waals surface area contributed by atoms with Crippen LogP contribution >= 0.6 is 11.6 Å². The van der Waals surface area contributed by atoms with Crippen molar-refractivity contribution in [3.8, 4) is 0 Å². The van der Waals surface area contributed by atoms with Gasteiger partial charge in [0.1, 0.15) is 0 Å². The largest absolute Gasteiger partial charge is 0.388 e. The van der Waals surface area contributed by atoms with Gasteiger partial charge in [-0.2, -0.15) is 0 Å². The van der Waals surface area contributed by atoms with Crippen molar-refractivity contribution in [2.24, 2.45) is 0 Å². The Kier molecular flexibility index (Phi) is 3.31. The van der Waals surface area contributed by atoms with E-state index in [2.05, 4.69) is 0 Å². The second kappa shape index (κ2) is 4.07. The molecule has 0 aromatic heterocycles. The third kappa shape index (κ3) is 2.09. The smallest absolute Gasteiger partial charge is 0.223 e. The molecule has 0 aliphatic carbocycles. The van der Waals surface area contributed by atoms with Crippen molar-refractivity contribution in [3.05, 3.63) is 0 Å². The number of hydrogen-bond acceptors (Lipinski definition) is 3. The SMILES string of the molecule is O=C(CCCl)N1CC(O)C(O)C1. The molecule has 0 radical (unpaired) electrons. The molecule has 1 heterocycles. The lowest BCUT2D eigenvalue weighted by molar-refractivity contribution is -0.130. The highest BCUT2D eigenvalue weighted by Crippen LogP contribution is 2.11. The fraction of sp³-hybridized carbons (Fsp3) is 0.857. The van der Waals surface area contributed by atoms with E-state index in [1.165, 1.54) is 4.90 Å². The molecule has 4 nitrogen and oxygen atoms in total. The number of carbonyl (C=O) groups excluding carboxylic acids is 1. The number of aliphatic hydroxyl groups excluding tert-OH is 2. The Hall–Kier alpha value is -0.320. The first-order chi connectivity index (χ1) is 5.65. The summed E-state index contributed by atoms with van der Waals surface area (Å²) in [4.78, 5) is 12.6. The van der Waals surface area contributed by atoms with E-state index in [9.17, 15) is 4.79 Å². The number of aliphatic hydroxyl groups is 2. The van der Waals surface area contributed by atoms with Crippen molar-refractivity contribution >= 4 is 17.5 Å². The van der Waals surface area contributed by atoms with E-state index in [0.29, 0.717) is 0 Å². The summed E-state index contributed by atoms with van der Waals surface area (Å²) >= 11 is 5.38. The predicted octanol–water partition coefficient (Wildman–Crippen LogP) is -0.821. The minimum atomic E-state index is -0.802. The van der Waals surface area contributed by atoms with Crippen LogP contribution in [0, 0.1) is 0 Å². The number of hydrogen-bond donors (Lipinski definition) is 2. The summed E-state index contributed by atoms with van der Waals surface area (Å²) in [5, 5.41) is 18.2. The highest BCUT2D eigenvalue weighted by molar-refractivity contribution is 6.18. The zero-order chi connectivity index (χ0) is 9.14. The number of nitrogens with zero attached hydrogens (tertiary/aromatic N) is 1. The van der Waals surface area contributed by atoms with Crippen LogP contribution in [0.5, 0.6) is 0 Å². The third-order valence-corrected chi connectivity index (χ3v) is 2.11. The standard InChI is InChI=1S/C7H12ClNO3/c8-2-1-7(12)9-3-5(10)6(11)4-9/h5-6,10-11H,1-4H2. The molecule has 1 saturated heterocycles. The van der Waals surface area contributed by atoms with Crippen molar-refractivity contribution in [2.45, 2.75) is 18.6 Å². The summed E-state index contributed by atoms with van der Waals surface area (Å²) < 4.78 is 0. The van der Waals surface area contributed by atoms with Crippen LogP contribution in [-0.2, 0) is 4.79 Å². The number of amides is 1. The maximum atomic E-state index is 11.2. The Morgan fingerprint density at radius 2 is 1.92 bits per heavy atom. The van der Waals surface area contributed by atoms with E-state index in [4.69, 9.17) is 21.8 Å². The minimum Gasteiger partial charge on any atom is -0.388 e. The molecule has 2 N–H and O–H groups in total. The summed E-state index contributed by atoms with van der Waals surface area (Å²) in [6.07, 6.45) is -1.34. The molecular weight excluding hydrogens is 182 g/mol. The van der Waals surface area contributed by atoms with Gasteiger partial charge in [0, 0.05) is 25.4 Å². The molecule has 2 unspecified atom stereocenters. The quantitative estimate of drug-likeness (QED) is 0.564. The first-order valence-corrected chi connectivity index (χ1v) is 4.38. The van der Waals surface area contributed by atoms with Crippen molar-refractivity contribution in [2.75, 3.05) is 19.0 Å². The molecule has 0 saturated carbocycles. The Balaban J connectivity index is 2.40. The molecule has 0 aromatic carbocycles. The lowest BCUT2D eigenvalue weighted by atomic mass is 10.3. The third-order valence-electron chi connectivity index (χ3n) is 1.92. The molecule has 1 aliphatic rings. The van der Waals surface area contributed by atoms with E-state index in [1.807, 2.05) is 0 Å². The number of halogens is 1. The molecular formula is C7H12ClNO3. The Bertz CT molecular complexity index is 166. The van der Waals surface area contributed by atoms with E-state index in [-0.39, 0.29) is 31.3 Å². The van der Waals surface area contributed by atoms with Gasteiger partial charge in [0.05, 0.1) is 12.2 Å². The topological polar surface area (TPSA) is 60.8 Å². The van der Waals surface area contributed by atoms with E-state index < -0.39 is 12.2 Å². The van der Waals surface area contributed by atoms with Gasteiger partial charge in [0.15, 0.2) is 0 Å². The van der Waals surface area contributed by atoms with Gasteiger partial charge in [-0.3, -0.25) is 4.79 Å². The number of β-amino-alcohol motifs (C(OH)–C–C–N with tert-alkyl or cyclic N) is 2. The van der Waals surface area contributed by atoms with Crippen LogP contribution in [0.15, 0.2) is 0 Å². The monoisotopic (exact) mass is 193 g/mol. The van der Waals surface area contributed by atoms with E-state index >= 15 is 0 Å². The Morgan fingerprint density at radius 3 is 2.33 bits per heavy atom. The van der Waals surface area contributed by atoms with Crippen LogP contribution in [0.4, 0.5) is 0 Å². The van der Waals surface area contributed by atoms with Crippen LogP contribution in [0.2, 0.25) is 0 Å². The van der Waals surface area contributed by atoms with Gasteiger partial charge in [-0.05, 0) is 0 Å². The van der Waals surface area contributed by atoms with Crippen molar-refractivity contribution in [1.29, 1.82) is 0 Å². The van der Waals surface area contributed by atoms with Gasteiger partial charge >= 0.3 is 0 Å². The zero-order valence-corrected chi connectivity index (χ0v) is 7.37. The van der Waals surface area contributed by atoms with Gasteiger partial charge in [0.2, 0.25) is 5.91 Å². The molecule has 0 aromatic rings. The molecule has 1 rings (SSSR count). The van der Waals surface area contributed by atoms with Gasteiger partial charge < -0.3 is 15.1 Å². The highest BCUT2D eigenvalue weighted by Gasteiger charge is 2.31. The van der Waals surface area contributed by atoms with Crippen LogP contribution in [0.1, 0.15) is 6.42 Å². The predicted molar refractivity (Wildman–Crippen MR) is 43.9 cm³/mol. The van der Waals surface area contributed by atoms with Gasteiger partial charge in [-0.1, -0.05) is 0 Å². The molecule has 2 atom stereocenters. The van der Waals surface area contributed by atoms with Gasteiger partial charge in [-0.15, -0.1) is 11.6 Å². The van der Waals surface area contributed by atoms with Crippen LogP contribution < -0.4 is 0 Å². The summed E-state index contributed by atoms with van der Waals surface area (Å²) in [5.41, 5.74) is 0. The Labute approximate surface area is 75.7 Å². The summed E-state index contributed by atoms with van der Waals surface area (Å²) in [7, 11) is 0. The van der Waals surface area contributed by atoms with Gasteiger partial charge in [0.25, 0.3) is 0 Å². The van der Waals surface area contributed by atoms with Crippen LogP contribution in [0.3, 0.4) is 0 Å². The number of likely N-dealkylation sites (tertiary alicyclic amines) is 1. The average molecular weight is 194 g/mol. The van der Waals surface area contributed by atoms with Crippen molar-refractivity contribution < 1.29 is 15.0 Å². The lowest BCUT2D eigenvalue weighted by Gasteiger charge is -2.13. The van der Waals surface area contributed by atoms with Crippen LogP contribution in [0.25, 0.3) is 0 Å². The fourth-order valence-electron chi connectivity index (χ4n) is 1.21. The Morgan fingerprint density at radius 1 is 1.42 bits per heavy atom. The van der Waals surface area contributed by atoms with Gasteiger partial charge in [-0.25, -0.2) is 0 Å². The van der Waals surface area contributed by atoms with E-state index in [0.717, 1.165) is 0 Å². The summed E-state index contributed by atoms with van der Waals surface area (Å²) in [6.45, 7) is 0.438. The summed E-state index contributed by atoms with van der Waals surface area (Å²) in [5.74, 6) is 0.169. The second-order valence-corrected chi connectivity index (χ2v) is 3.25. The summed E-state index contributed by atoms with van der Waals surface area (Å²) in [6, 6.07) is 0. The van der Waals surface area contributed by atoms with Crippen molar-refractivity contribution in [3.63, 3.8) is 0 Å². The molecule has 12 heavy (non-hydrogen) atoms. The maximum Gasteiger partial charge on any atom is 0.223 e. The first-order valence-electron chi connectivity index (χ1n) is 3.85. The highest BCUT2D eigenvalue weighted by atomic mass is 35.5. The second-order valence-electron chi connectivity index (χ2n) is 2.87. The van der Waals surface area contributed by atoms with Crippen molar-refractivity contribution in [1.82, 2.24) is 4.90 Å². The number of carbonyl (C=O) groups is 1. The molecule has 5 heteroatoms. The average Bonchev–Trinajstić information content (AvgIpc) is 2.33. The van der Waals surface area contributed by atoms with Crippen LogP contribution in [-0.4, -0.2) is 52.2 Å².